The second-order valence-corrected chi connectivity index (χ2v) is 8.54. The van der Waals surface area contributed by atoms with Crippen molar-refractivity contribution in [3.8, 4) is 0 Å². The maximum Gasteiger partial charge on any atom is 0.264 e. The topological polar surface area (TPSA) is 57.7 Å². The van der Waals surface area contributed by atoms with E-state index in [1.165, 1.54) is 16.4 Å². The molecule has 3 aromatic carbocycles. The zero-order valence-corrected chi connectivity index (χ0v) is 16.3. The molecule has 0 aromatic heterocycles. The number of nitrogens with zero attached hydrogens (tertiary/aromatic N) is 2. The quantitative estimate of drug-likeness (QED) is 0.680. The predicted molar refractivity (Wildman–Crippen MR) is 110 cm³/mol. The first-order chi connectivity index (χ1) is 13.5. The van der Waals surface area contributed by atoms with Crippen molar-refractivity contribution in [2.75, 3.05) is 22.8 Å². The molecule has 1 aliphatic heterocycles. The Morgan fingerprint density at radius 2 is 1.54 bits per heavy atom. The molecule has 0 saturated carbocycles. The summed E-state index contributed by atoms with van der Waals surface area (Å²) >= 11 is 0. The van der Waals surface area contributed by atoms with Crippen LogP contribution in [0.15, 0.2) is 83.8 Å². The molecule has 4 rings (SSSR count). The molecule has 0 fully saturated rings. The van der Waals surface area contributed by atoms with Crippen LogP contribution in [0.25, 0.3) is 0 Å². The van der Waals surface area contributed by atoms with Crippen molar-refractivity contribution in [2.24, 2.45) is 0 Å². The minimum absolute atomic E-state index is 0.183. The van der Waals surface area contributed by atoms with Gasteiger partial charge in [-0.05, 0) is 54.4 Å². The maximum absolute atomic E-state index is 13.1. The number of amides is 1. The average Bonchev–Trinajstić information content (AvgIpc) is 3.18. The third-order valence-electron chi connectivity index (χ3n) is 4.98. The number of para-hydroxylation sites is 2. The molecule has 1 heterocycles. The molecule has 0 radical (unpaired) electrons. The number of benzene rings is 3. The molecule has 0 aliphatic carbocycles. The fourth-order valence-electron chi connectivity index (χ4n) is 3.42. The van der Waals surface area contributed by atoms with Crippen molar-refractivity contribution in [1.29, 1.82) is 0 Å². The molecule has 0 N–H and O–H groups in total. The number of carbonyl (C=O) groups excluding carboxylic acids is 1. The summed E-state index contributed by atoms with van der Waals surface area (Å²) in [5.41, 5.74) is 2.97. The Morgan fingerprint density at radius 1 is 0.893 bits per heavy atom. The maximum atomic E-state index is 13.1. The SMILES string of the molecule is CN(C(=O)c1ccc(S(=O)(=O)N2CCc3ccccc32)cc1)c1ccccc1. The Hall–Kier alpha value is -3.12. The summed E-state index contributed by atoms with van der Waals surface area (Å²) in [5.74, 6) is -0.193. The van der Waals surface area contributed by atoms with Crippen LogP contribution in [-0.4, -0.2) is 27.9 Å². The smallest absolute Gasteiger partial charge is 0.264 e. The van der Waals surface area contributed by atoms with E-state index in [1.54, 1.807) is 24.1 Å². The highest BCUT2D eigenvalue weighted by atomic mass is 32.2. The average molecular weight is 392 g/mol. The van der Waals surface area contributed by atoms with Gasteiger partial charge in [0.15, 0.2) is 0 Å². The number of carbonyl (C=O) groups is 1. The largest absolute Gasteiger partial charge is 0.311 e. The molecule has 0 saturated heterocycles. The Balaban J connectivity index is 1.59. The van der Waals surface area contributed by atoms with Gasteiger partial charge >= 0.3 is 0 Å². The van der Waals surface area contributed by atoms with Gasteiger partial charge in [0.05, 0.1) is 10.6 Å². The lowest BCUT2D eigenvalue weighted by Gasteiger charge is -2.20. The molecule has 1 amide bonds. The van der Waals surface area contributed by atoms with Crippen LogP contribution in [0.5, 0.6) is 0 Å². The van der Waals surface area contributed by atoms with Crippen molar-refractivity contribution in [2.45, 2.75) is 11.3 Å². The monoisotopic (exact) mass is 392 g/mol. The van der Waals surface area contributed by atoms with E-state index in [1.807, 2.05) is 54.6 Å². The number of hydrogen-bond acceptors (Lipinski definition) is 3. The molecule has 142 valence electrons. The fourth-order valence-corrected chi connectivity index (χ4v) is 4.92. The highest BCUT2D eigenvalue weighted by Crippen LogP contribution is 2.32. The molecule has 0 atom stereocenters. The van der Waals surface area contributed by atoms with Crippen LogP contribution in [0, 0.1) is 0 Å². The van der Waals surface area contributed by atoms with E-state index in [4.69, 9.17) is 0 Å². The summed E-state index contributed by atoms with van der Waals surface area (Å²) in [6.07, 6.45) is 0.702. The number of rotatable bonds is 4. The number of anilines is 2. The van der Waals surface area contributed by atoms with Gasteiger partial charge in [-0.3, -0.25) is 9.10 Å². The van der Waals surface area contributed by atoms with E-state index in [9.17, 15) is 13.2 Å². The van der Waals surface area contributed by atoms with Gasteiger partial charge in [-0.15, -0.1) is 0 Å². The van der Waals surface area contributed by atoms with Crippen molar-refractivity contribution in [3.63, 3.8) is 0 Å². The van der Waals surface area contributed by atoms with Crippen LogP contribution < -0.4 is 9.21 Å². The summed E-state index contributed by atoms with van der Waals surface area (Å²) in [6.45, 7) is 0.430. The van der Waals surface area contributed by atoms with Crippen LogP contribution in [0.2, 0.25) is 0 Å². The zero-order valence-electron chi connectivity index (χ0n) is 15.4. The lowest BCUT2D eigenvalue weighted by atomic mass is 10.2. The summed E-state index contributed by atoms with van der Waals surface area (Å²) in [4.78, 5) is 14.4. The summed E-state index contributed by atoms with van der Waals surface area (Å²) in [7, 11) is -1.96. The lowest BCUT2D eigenvalue weighted by Crippen LogP contribution is -2.29. The molecule has 1 aliphatic rings. The number of sulfonamides is 1. The van der Waals surface area contributed by atoms with E-state index < -0.39 is 10.0 Å². The molecule has 5 nitrogen and oxygen atoms in total. The van der Waals surface area contributed by atoms with Gasteiger partial charge in [-0.25, -0.2) is 8.42 Å². The second-order valence-electron chi connectivity index (χ2n) is 6.68. The molecular formula is C22H20N2O3S. The molecule has 0 bridgehead atoms. The number of hydrogen-bond donors (Lipinski definition) is 0. The Kier molecular flexibility index (Phi) is 4.65. The van der Waals surface area contributed by atoms with Crippen LogP contribution in [-0.2, 0) is 16.4 Å². The molecular weight excluding hydrogens is 372 g/mol. The highest BCUT2D eigenvalue weighted by molar-refractivity contribution is 7.92. The van der Waals surface area contributed by atoms with Gasteiger partial charge in [0.1, 0.15) is 0 Å². The molecule has 6 heteroatoms. The Morgan fingerprint density at radius 3 is 2.25 bits per heavy atom. The van der Waals surface area contributed by atoms with Gasteiger partial charge in [-0.1, -0.05) is 36.4 Å². The molecule has 28 heavy (non-hydrogen) atoms. The minimum atomic E-state index is -3.66. The van der Waals surface area contributed by atoms with Crippen LogP contribution in [0.4, 0.5) is 11.4 Å². The van der Waals surface area contributed by atoms with E-state index in [-0.39, 0.29) is 10.8 Å². The standard InChI is InChI=1S/C22H20N2O3S/c1-23(19-8-3-2-4-9-19)22(25)18-11-13-20(14-12-18)28(26,27)24-16-15-17-7-5-6-10-21(17)24/h2-14H,15-16H2,1H3. The van der Waals surface area contributed by atoms with Gasteiger partial charge in [0.2, 0.25) is 0 Å². The summed E-state index contributed by atoms with van der Waals surface area (Å²) < 4.78 is 27.6. The van der Waals surface area contributed by atoms with Crippen LogP contribution >= 0.6 is 0 Å². The van der Waals surface area contributed by atoms with Crippen molar-refractivity contribution < 1.29 is 13.2 Å². The molecule has 3 aromatic rings. The Bertz CT molecular complexity index is 1110. The molecule has 0 spiro atoms. The van der Waals surface area contributed by atoms with E-state index in [0.717, 1.165) is 16.9 Å². The van der Waals surface area contributed by atoms with Crippen molar-refractivity contribution in [1.82, 2.24) is 0 Å². The van der Waals surface area contributed by atoms with Gasteiger partial charge in [0, 0.05) is 24.8 Å². The zero-order chi connectivity index (χ0) is 19.7. The van der Waals surface area contributed by atoms with Crippen LogP contribution in [0.1, 0.15) is 15.9 Å². The minimum Gasteiger partial charge on any atom is -0.311 e. The van der Waals surface area contributed by atoms with Gasteiger partial charge in [0.25, 0.3) is 15.9 Å². The van der Waals surface area contributed by atoms with Crippen molar-refractivity contribution in [3.05, 3.63) is 90.0 Å². The lowest BCUT2D eigenvalue weighted by molar-refractivity contribution is 0.0993. The Labute approximate surface area is 164 Å². The summed E-state index contributed by atoms with van der Waals surface area (Å²) in [5, 5.41) is 0. The van der Waals surface area contributed by atoms with Gasteiger partial charge < -0.3 is 4.90 Å². The third-order valence-corrected chi connectivity index (χ3v) is 6.81. The van der Waals surface area contributed by atoms with Crippen molar-refractivity contribution >= 4 is 27.3 Å². The first-order valence-corrected chi connectivity index (χ1v) is 10.5. The van der Waals surface area contributed by atoms with Crippen LogP contribution in [0.3, 0.4) is 0 Å². The number of fused-ring (bicyclic) bond motifs is 1. The van der Waals surface area contributed by atoms with E-state index in [2.05, 4.69) is 0 Å². The normalized spacial score (nSPS) is 13.2. The third kappa shape index (κ3) is 3.16. The molecule has 0 unspecified atom stereocenters. The summed E-state index contributed by atoms with van der Waals surface area (Å²) in [6, 6.07) is 23.0. The highest BCUT2D eigenvalue weighted by Gasteiger charge is 2.30. The first kappa shape index (κ1) is 18.3. The van der Waals surface area contributed by atoms with E-state index in [0.29, 0.717) is 18.5 Å². The fraction of sp³-hybridized carbons (Fsp3) is 0.136. The predicted octanol–water partition coefficient (Wildman–Crippen LogP) is 3.71. The van der Waals surface area contributed by atoms with Gasteiger partial charge in [-0.2, -0.15) is 0 Å². The van der Waals surface area contributed by atoms with E-state index >= 15 is 0 Å². The second kappa shape index (κ2) is 7.13. The first-order valence-electron chi connectivity index (χ1n) is 9.02.